The highest BCUT2D eigenvalue weighted by Crippen LogP contribution is 2.20. The molecule has 160 valence electrons. The predicted molar refractivity (Wildman–Crippen MR) is 117 cm³/mol. The van der Waals surface area contributed by atoms with Gasteiger partial charge < -0.3 is 20.3 Å². The third-order valence-corrected chi connectivity index (χ3v) is 5.72. The van der Waals surface area contributed by atoms with Crippen LogP contribution in [0.1, 0.15) is 49.3 Å². The van der Waals surface area contributed by atoms with Crippen LogP contribution in [0.3, 0.4) is 0 Å². The van der Waals surface area contributed by atoms with Gasteiger partial charge >= 0.3 is 6.02 Å². The van der Waals surface area contributed by atoms with E-state index < -0.39 is 6.04 Å². The van der Waals surface area contributed by atoms with Gasteiger partial charge in [-0.15, -0.1) is 0 Å². The summed E-state index contributed by atoms with van der Waals surface area (Å²) in [5, 5.41) is 14.6. The summed E-state index contributed by atoms with van der Waals surface area (Å²) in [4.78, 5) is 23.5. The number of benzene rings is 1. The number of amidine groups is 3. The maximum atomic E-state index is 12.6. The molecule has 1 aromatic rings. The molecule has 0 spiro atoms. The van der Waals surface area contributed by atoms with Gasteiger partial charge in [0, 0.05) is 19.5 Å². The predicted octanol–water partition coefficient (Wildman–Crippen LogP) is 1.97. The minimum Gasteiger partial charge on any atom is -0.463 e. The van der Waals surface area contributed by atoms with Gasteiger partial charge in [0.2, 0.25) is 5.91 Å². The number of hydrogen-bond acceptors (Lipinski definition) is 6. The minimum atomic E-state index is -0.398. The van der Waals surface area contributed by atoms with Crippen molar-refractivity contribution in [2.45, 2.75) is 58.2 Å². The number of rotatable bonds is 5. The van der Waals surface area contributed by atoms with Gasteiger partial charge in [0.25, 0.3) is 0 Å². The monoisotopic (exact) mass is 410 g/mol. The third kappa shape index (κ3) is 4.87. The van der Waals surface area contributed by atoms with E-state index in [1.54, 1.807) is 0 Å². The van der Waals surface area contributed by atoms with Gasteiger partial charge in [-0.05, 0) is 42.5 Å². The molecule has 30 heavy (non-hydrogen) atoms. The number of unbranched alkanes of at least 4 members (excludes halogenated alkanes) is 1. The van der Waals surface area contributed by atoms with E-state index in [-0.39, 0.29) is 24.3 Å². The first-order chi connectivity index (χ1) is 14.6. The van der Waals surface area contributed by atoms with E-state index in [0.29, 0.717) is 26.0 Å². The van der Waals surface area contributed by atoms with Gasteiger partial charge in [0.1, 0.15) is 11.7 Å². The molecule has 1 fully saturated rings. The molecule has 3 N–H and O–H groups in total. The van der Waals surface area contributed by atoms with Gasteiger partial charge in [0.15, 0.2) is 0 Å². The lowest BCUT2D eigenvalue weighted by molar-refractivity contribution is -0.122. The summed E-state index contributed by atoms with van der Waals surface area (Å²) >= 11 is 0. The Morgan fingerprint density at radius 1 is 1.27 bits per heavy atom. The Labute approximate surface area is 177 Å². The van der Waals surface area contributed by atoms with Crippen molar-refractivity contribution >= 4 is 23.6 Å². The van der Waals surface area contributed by atoms with E-state index in [4.69, 9.17) is 10.1 Å². The number of aliphatic imine (C=N–C) groups is 2. The first-order valence-corrected chi connectivity index (χ1v) is 10.9. The first kappa shape index (κ1) is 20.5. The summed E-state index contributed by atoms with van der Waals surface area (Å²) in [6.45, 7) is 5.33. The fraction of sp³-hybridized carbons (Fsp3) is 0.545. The van der Waals surface area contributed by atoms with E-state index in [0.717, 1.165) is 43.8 Å². The highest BCUT2D eigenvalue weighted by molar-refractivity contribution is 6.04. The largest absolute Gasteiger partial charge is 0.463 e. The van der Waals surface area contributed by atoms with Crippen LogP contribution in [-0.4, -0.2) is 54.2 Å². The number of hydrogen-bond donors (Lipinski definition) is 3. The summed E-state index contributed by atoms with van der Waals surface area (Å²) in [5.41, 5.74) is 3.88. The van der Waals surface area contributed by atoms with Crippen LogP contribution in [0.2, 0.25) is 0 Å². The molecular formula is C22H30N6O2. The van der Waals surface area contributed by atoms with Crippen molar-refractivity contribution in [2.75, 3.05) is 19.7 Å². The van der Waals surface area contributed by atoms with E-state index in [1.807, 2.05) is 4.90 Å². The van der Waals surface area contributed by atoms with Crippen molar-refractivity contribution < 1.29 is 9.53 Å². The quantitative estimate of drug-likeness (QED) is 0.646. The van der Waals surface area contributed by atoms with Crippen LogP contribution in [0.25, 0.3) is 0 Å². The molecule has 2 bridgehead atoms. The average Bonchev–Trinajstić information content (AvgIpc) is 2.73. The zero-order valence-electron chi connectivity index (χ0n) is 17.5. The van der Waals surface area contributed by atoms with Crippen molar-refractivity contribution in [1.82, 2.24) is 15.5 Å². The van der Waals surface area contributed by atoms with Crippen molar-refractivity contribution in [1.29, 1.82) is 5.41 Å². The molecule has 8 nitrogen and oxygen atoms in total. The molecule has 1 atom stereocenters. The molecule has 1 aromatic carbocycles. The summed E-state index contributed by atoms with van der Waals surface area (Å²) in [6.07, 6.45) is 4.25. The van der Waals surface area contributed by atoms with E-state index in [9.17, 15) is 4.79 Å². The number of ether oxygens (including phenoxy) is 1. The number of carbonyl (C=O) groups excluding carboxylic acids is 1. The van der Waals surface area contributed by atoms with Crippen molar-refractivity contribution in [2.24, 2.45) is 9.98 Å². The van der Waals surface area contributed by atoms with Crippen LogP contribution in [0, 0.1) is 5.41 Å². The molecule has 3 aliphatic rings. The molecule has 1 saturated heterocycles. The molecule has 1 amide bonds. The summed E-state index contributed by atoms with van der Waals surface area (Å²) in [5.74, 6) is 0.795. The molecule has 0 saturated carbocycles. The lowest BCUT2D eigenvalue weighted by Crippen LogP contribution is -2.50. The highest BCUT2D eigenvalue weighted by atomic mass is 16.5. The van der Waals surface area contributed by atoms with Crippen LogP contribution in [-0.2, 0) is 29.0 Å². The number of nitrogens with zero attached hydrogens (tertiary/aromatic N) is 3. The number of amides is 1. The molecular weight excluding hydrogens is 380 g/mol. The zero-order valence-corrected chi connectivity index (χ0v) is 17.5. The second-order valence-electron chi connectivity index (χ2n) is 8.05. The smallest absolute Gasteiger partial charge is 0.319 e. The third-order valence-electron chi connectivity index (χ3n) is 5.72. The highest BCUT2D eigenvalue weighted by Gasteiger charge is 2.28. The van der Waals surface area contributed by atoms with Crippen molar-refractivity contribution in [3.8, 4) is 0 Å². The Bertz CT molecular complexity index is 878. The van der Waals surface area contributed by atoms with Gasteiger partial charge in [0.05, 0.1) is 19.2 Å². The molecule has 0 aromatic heterocycles. The van der Waals surface area contributed by atoms with Crippen LogP contribution in [0.5, 0.6) is 0 Å². The van der Waals surface area contributed by atoms with E-state index >= 15 is 0 Å². The Morgan fingerprint density at radius 2 is 2.17 bits per heavy atom. The molecule has 3 heterocycles. The maximum Gasteiger partial charge on any atom is 0.319 e. The van der Waals surface area contributed by atoms with Gasteiger partial charge in [-0.1, -0.05) is 31.5 Å². The zero-order chi connectivity index (χ0) is 20.9. The van der Waals surface area contributed by atoms with Crippen molar-refractivity contribution in [3.63, 3.8) is 0 Å². The SMILES string of the molecule is CCCCOC1=NC(=N)C2CCC(=N1)N(Cc1ccc3c(c1)CNCC3)CC(=O)N2. The van der Waals surface area contributed by atoms with Crippen LogP contribution in [0.4, 0.5) is 0 Å². The van der Waals surface area contributed by atoms with Gasteiger partial charge in [-0.3, -0.25) is 10.2 Å². The van der Waals surface area contributed by atoms with Gasteiger partial charge in [-0.2, -0.15) is 9.98 Å². The molecule has 8 heteroatoms. The normalized spacial score (nSPS) is 21.5. The van der Waals surface area contributed by atoms with Crippen molar-refractivity contribution in [3.05, 3.63) is 34.9 Å². The number of fused-ring (bicyclic) bond motifs is 4. The summed E-state index contributed by atoms with van der Waals surface area (Å²) in [7, 11) is 0. The molecule has 1 unspecified atom stereocenters. The Kier molecular flexibility index (Phi) is 6.42. The molecule has 0 radical (unpaired) electrons. The Balaban J connectivity index is 1.60. The summed E-state index contributed by atoms with van der Waals surface area (Å²) < 4.78 is 5.75. The topological polar surface area (TPSA) is 102 Å². The average molecular weight is 411 g/mol. The molecule has 0 aliphatic carbocycles. The lowest BCUT2D eigenvalue weighted by Gasteiger charge is -2.32. The fourth-order valence-electron chi connectivity index (χ4n) is 4.03. The lowest BCUT2D eigenvalue weighted by atomic mass is 9.98. The Hall–Kier alpha value is -2.74. The van der Waals surface area contributed by atoms with Crippen LogP contribution < -0.4 is 10.6 Å². The van der Waals surface area contributed by atoms with E-state index in [1.165, 1.54) is 11.1 Å². The number of nitrogens with one attached hydrogen (secondary N) is 3. The Morgan fingerprint density at radius 3 is 3.03 bits per heavy atom. The fourth-order valence-corrected chi connectivity index (χ4v) is 4.03. The molecule has 4 rings (SSSR count). The second kappa shape index (κ2) is 9.38. The van der Waals surface area contributed by atoms with Crippen LogP contribution >= 0.6 is 0 Å². The summed E-state index contributed by atoms with van der Waals surface area (Å²) in [6, 6.07) is 6.41. The van der Waals surface area contributed by atoms with E-state index in [2.05, 4.69) is 45.7 Å². The van der Waals surface area contributed by atoms with Crippen LogP contribution in [0.15, 0.2) is 28.2 Å². The first-order valence-electron chi connectivity index (χ1n) is 10.9. The standard InChI is InChI=1S/C22H30N6O2/c1-2-3-10-30-22-26-19-7-6-18(21(23)27-22)25-20(29)14-28(19)13-15-4-5-16-8-9-24-12-17(16)11-15/h4-5,11,18,23-24H,2-3,6-10,12-14H2,1H3,(H,25,29). The molecule has 3 aliphatic heterocycles. The minimum absolute atomic E-state index is 0.105. The number of carbonyl (C=O) groups is 1. The maximum absolute atomic E-state index is 12.6. The second-order valence-corrected chi connectivity index (χ2v) is 8.05. The van der Waals surface area contributed by atoms with Gasteiger partial charge in [-0.25, -0.2) is 0 Å².